The molecule has 7 atom stereocenters. The summed E-state index contributed by atoms with van der Waals surface area (Å²) < 4.78 is 84.9. The van der Waals surface area contributed by atoms with Gasteiger partial charge in [-0.2, -0.15) is 13.2 Å². The summed E-state index contributed by atoms with van der Waals surface area (Å²) in [6.45, 7) is 4.97. The molecule has 2 aromatic rings. The molecule has 306 valence electrons. The van der Waals surface area contributed by atoms with E-state index in [1.807, 2.05) is 13.0 Å². The summed E-state index contributed by atoms with van der Waals surface area (Å²) in [5.41, 5.74) is -3.22. The summed E-state index contributed by atoms with van der Waals surface area (Å²) >= 11 is 0. The Balaban J connectivity index is 1.36. The number of allylic oxidation sites excluding steroid dienone is 1. The van der Waals surface area contributed by atoms with Crippen molar-refractivity contribution in [2.45, 2.75) is 100 Å². The number of sulfonamides is 1. The van der Waals surface area contributed by atoms with Crippen LogP contribution in [0.2, 0.25) is 0 Å². The number of ether oxygens (including phenoxy) is 3. The predicted octanol–water partition coefficient (Wildman–Crippen LogP) is 3.54. The monoisotopic (exact) mass is 810 g/mol. The number of carbonyl (C=O) groups is 4. The van der Waals surface area contributed by atoms with Crippen LogP contribution in [-0.4, -0.2) is 101 Å². The summed E-state index contributed by atoms with van der Waals surface area (Å²) in [5, 5.41) is 14.8. The van der Waals surface area contributed by atoms with E-state index in [0.717, 1.165) is 7.11 Å². The number of hydrogen-bond donors (Lipinski definition) is 4. The van der Waals surface area contributed by atoms with Crippen molar-refractivity contribution in [3.8, 4) is 17.4 Å². The Bertz CT molecular complexity index is 2060. The number of nitrogens with one attached hydrogen (secondary N) is 3. The highest BCUT2D eigenvalue weighted by atomic mass is 32.2. The van der Waals surface area contributed by atoms with Gasteiger partial charge in [0, 0.05) is 24.5 Å². The average molecular weight is 811 g/mol. The second-order valence-corrected chi connectivity index (χ2v) is 17.7. The maximum atomic E-state index is 14.4. The number of halogens is 3. The quantitative estimate of drug-likeness (QED) is 0.282. The van der Waals surface area contributed by atoms with Gasteiger partial charge in [-0.05, 0) is 57.3 Å². The lowest BCUT2D eigenvalue weighted by Gasteiger charge is -2.32. The number of rotatable bonds is 8. The van der Waals surface area contributed by atoms with Gasteiger partial charge in [0.25, 0.3) is 5.91 Å². The molecule has 0 radical (unpaired) electrons. The number of aromatic nitrogens is 2. The Hall–Kier alpha value is -4.88. The maximum Gasteiger partial charge on any atom is 0.438 e. The minimum Gasteiger partial charge on any atom is -0.493 e. The van der Waals surface area contributed by atoms with Crippen molar-refractivity contribution in [1.82, 2.24) is 30.2 Å². The van der Waals surface area contributed by atoms with Gasteiger partial charge in [0.05, 0.1) is 36.5 Å². The zero-order chi connectivity index (χ0) is 41.0. The lowest BCUT2D eigenvalue weighted by Crippen LogP contribution is -2.59. The molecule has 1 saturated heterocycles. The Morgan fingerprint density at radius 2 is 1.73 bits per heavy atom. The van der Waals surface area contributed by atoms with Crippen LogP contribution < -0.4 is 29.6 Å². The van der Waals surface area contributed by atoms with Crippen LogP contribution in [-0.2, 0) is 30.6 Å². The molecular formula is C36H45F3N6O10S. The molecule has 4 N–H and O–H groups in total. The molecule has 2 aliphatic heterocycles. The van der Waals surface area contributed by atoms with Crippen molar-refractivity contribution >= 4 is 44.9 Å². The van der Waals surface area contributed by atoms with Gasteiger partial charge in [-0.15, -0.1) is 0 Å². The largest absolute Gasteiger partial charge is 0.493 e. The molecule has 20 heteroatoms. The van der Waals surface area contributed by atoms with Crippen LogP contribution in [0.25, 0.3) is 11.0 Å². The third-order valence-corrected chi connectivity index (χ3v) is 13.4. The number of amides is 4. The Morgan fingerprint density at radius 3 is 2.36 bits per heavy atom. The van der Waals surface area contributed by atoms with Gasteiger partial charge in [-0.3, -0.25) is 19.1 Å². The smallest absolute Gasteiger partial charge is 0.438 e. The van der Waals surface area contributed by atoms with Crippen molar-refractivity contribution in [2.24, 2.45) is 17.8 Å². The van der Waals surface area contributed by atoms with E-state index in [1.54, 1.807) is 13.0 Å². The molecular weight excluding hydrogens is 765 g/mol. The maximum absolute atomic E-state index is 14.4. The summed E-state index contributed by atoms with van der Waals surface area (Å²) in [7, 11) is -1.81. The number of benzene rings is 1. The molecule has 56 heavy (non-hydrogen) atoms. The van der Waals surface area contributed by atoms with Gasteiger partial charge in [-0.25, -0.2) is 23.2 Å². The molecule has 1 aromatic heterocycles. The molecule has 0 bridgehead atoms. The zero-order valence-corrected chi connectivity index (χ0v) is 32.3. The van der Waals surface area contributed by atoms with Gasteiger partial charge in [0.2, 0.25) is 33.4 Å². The minimum atomic E-state index is -4.87. The molecule has 2 aliphatic carbocycles. The first-order valence-corrected chi connectivity index (χ1v) is 19.7. The second kappa shape index (κ2) is 14.9. The molecule has 1 aromatic carbocycles. The van der Waals surface area contributed by atoms with Crippen molar-refractivity contribution in [3.05, 3.63) is 30.0 Å². The van der Waals surface area contributed by atoms with Crippen LogP contribution in [0.4, 0.5) is 18.0 Å². The highest BCUT2D eigenvalue weighted by molar-refractivity contribution is 7.91. The summed E-state index contributed by atoms with van der Waals surface area (Å²) in [5.74, 6) is -4.26. The molecule has 6 rings (SSSR count). The van der Waals surface area contributed by atoms with E-state index in [9.17, 15) is 45.9 Å². The van der Waals surface area contributed by atoms with Crippen LogP contribution in [0.3, 0.4) is 0 Å². The van der Waals surface area contributed by atoms with E-state index in [0.29, 0.717) is 32.1 Å². The van der Waals surface area contributed by atoms with E-state index in [2.05, 4.69) is 25.3 Å². The van der Waals surface area contributed by atoms with Crippen molar-refractivity contribution < 1.29 is 60.1 Å². The highest BCUT2D eigenvalue weighted by Gasteiger charge is 2.63. The first-order valence-electron chi connectivity index (χ1n) is 18.2. The topological polar surface area (TPSA) is 215 Å². The lowest BCUT2D eigenvalue weighted by molar-refractivity contribution is -0.142. The summed E-state index contributed by atoms with van der Waals surface area (Å²) in [4.78, 5) is 63.4. The number of alkyl halides is 3. The number of carbonyl (C=O) groups excluding carboxylic acids is 3. The summed E-state index contributed by atoms with van der Waals surface area (Å²) in [6.07, 6.45) is -1.28. The Kier molecular flexibility index (Phi) is 10.8. The van der Waals surface area contributed by atoms with Gasteiger partial charge < -0.3 is 34.9 Å². The molecule has 16 nitrogen and oxygen atoms in total. The van der Waals surface area contributed by atoms with E-state index < -0.39 is 91.9 Å². The first-order chi connectivity index (χ1) is 26.2. The molecule has 0 spiro atoms. The molecule has 0 unspecified atom stereocenters. The third kappa shape index (κ3) is 8.02. The number of hydrogen-bond acceptors (Lipinski definition) is 11. The van der Waals surface area contributed by atoms with Crippen LogP contribution in [0.5, 0.6) is 17.4 Å². The van der Waals surface area contributed by atoms with Crippen molar-refractivity contribution in [1.29, 1.82) is 0 Å². The van der Waals surface area contributed by atoms with E-state index in [1.165, 1.54) is 31.1 Å². The first kappa shape index (κ1) is 40.8. The number of carboxylic acid groups (broad SMARTS) is 1. The lowest BCUT2D eigenvalue weighted by atomic mass is 9.88. The third-order valence-electron chi connectivity index (χ3n) is 11.2. The summed E-state index contributed by atoms with van der Waals surface area (Å²) in [6, 6.07) is -0.136. The number of fused-ring (bicyclic) bond motifs is 3. The van der Waals surface area contributed by atoms with E-state index >= 15 is 0 Å². The fraction of sp³-hybridized carbons (Fsp3) is 0.611. The van der Waals surface area contributed by atoms with Crippen molar-refractivity contribution in [2.75, 3.05) is 20.8 Å². The SMILES string of the molecule is COc1cc2nc(C(F)(F)F)c(OC)nc2cc1O[C@@H]1C[C@H]2C(=O)N[C@]3(C(=O)NS(=O)(=O)C4(C)CC4)C[C@H]3C=CCC[C@H](C)C[C@@H](C)[C@H](NC(=O)O)C(=O)N2C1. The normalized spacial score (nSPS) is 29.2. The van der Waals surface area contributed by atoms with E-state index in [4.69, 9.17) is 14.2 Å². The fourth-order valence-corrected chi connectivity index (χ4v) is 8.85. The second-order valence-electron chi connectivity index (χ2n) is 15.5. The van der Waals surface area contributed by atoms with Crippen molar-refractivity contribution in [3.63, 3.8) is 0 Å². The highest BCUT2D eigenvalue weighted by Crippen LogP contribution is 2.48. The Labute approximate surface area is 321 Å². The molecule has 4 aliphatic rings. The molecule has 2 saturated carbocycles. The van der Waals surface area contributed by atoms with Gasteiger partial charge in [0.15, 0.2) is 11.5 Å². The van der Waals surface area contributed by atoms with Crippen LogP contribution in [0.1, 0.15) is 71.4 Å². The molecule has 3 heterocycles. The van der Waals surface area contributed by atoms with E-state index in [-0.39, 0.29) is 47.8 Å². The predicted molar refractivity (Wildman–Crippen MR) is 192 cm³/mol. The van der Waals surface area contributed by atoms with Crippen LogP contribution >= 0.6 is 0 Å². The molecule has 4 amide bonds. The van der Waals surface area contributed by atoms with Gasteiger partial charge in [-0.1, -0.05) is 26.0 Å². The minimum absolute atomic E-state index is 0.0128. The van der Waals surface area contributed by atoms with Crippen LogP contribution in [0, 0.1) is 17.8 Å². The average Bonchev–Trinajstić information content (AvgIpc) is 4.00. The number of methoxy groups -OCH3 is 2. The number of nitrogens with zero attached hydrogens (tertiary/aromatic N) is 3. The zero-order valence-electron chi connectivity index (χ0n) is 31.4. The van der Waals surface area contributed by atoms with Crippen LogP contribution in [0.15, 0.2) is 24.3 Å². The van der Waals surface area contributed by atoms with Gasteiger partial charge in [0.1, 0.15) is 23.7 Å². The Morgan fingerprint density at radius 1 is 1.05 bits per heavy atom. The fourth-order valence-electron chi connectivity index (χ4n) is 7.54. The standard InChI is InChI=1S/C36H45F3N6O10S/c1-18-8-6-7-9-20-16-35(20,32(48)44-56(51,52)34(3)10-11-34)43-29(46)24-13-21(17-45(24)31(47)27(19(2)12-18)42-33(49)50)55-26-15-23-22(14-25(26)53-4)40-28(36(37,38)39)30(41-23)54-5/h7,9,14-15,18-21,24,27,42H,6,8,10-13,16-17H2,1-5H3,(H,43,46)(H,44,48)(H,49,50)/t18-,19+,20+,21+,24-,27-,35+/m0/s1. The molecule has 3 fully saturated rings. The van der Waals surface area contributed by atoms with Gasteiger partial charge >= 0.3 is 12.3 Å².